The second-order valence-electron chi connectivity index (χ2n) is 6.69. The monoisotopic (exact) mass is 395 g/mol. The fourth-order valence-electron chi connectivity index (χ4n) is 3.25. The lowest BCUT2D eigenvalue weighted by molar-refractivity contribution is -0.0449. The summed E-state index contributed by atoms with van der Waals surface area (Å²) < 4.78 is 21.2. The average Bonchev–Trinajstić information content (AvgIpc) is 2.98. The minimum atomic E-state index is -0.552. The smallest absolute Gasteiger partial charge is 0.267 e. The molecule has 0 spiro atoms. The van der Waals surface area contributed by atoms with Gasteiger partial charge in [-0.2, -0.15) is 5.26 Å². The predicted octanol–water partition coefficient (Wildman–Crippen LogP) is 2.35. The topological polar surface area (TPSA) is 115 Å². The molecule has 1 unspecified atom stereocenters. The van der Waals surface area contributed by atoms with Gasteiger partial charge in [-0.25, -0.2) is 14.4 Å². The number of nitrogen functional groups attached to an aromatic ring is 1. The van der Waals surface area contributed by atoms with Crippen molar-refractivity contribution in [2.75, 3.05) is 12.8 Å². The number of nitrogens with zero attached hydrogens (tertiary/aromatic N) is 6. The molecule has 148 valence electrons. The van der Waals surface area contributed by atoms with Gasteiger partial charge in [0.15, 0.2) is 11.5 Å². The molecule has 10 heteroatoms. The molecule has 2 bridgehead atoms. The van der Waals surface area contributed by atoms with Gasteiger partial charge in [0.25, 0.3) is 11.8 Å². The van der Waals surface area contributed by atoms with Crippen LogP contribution >= 0.6 is 0 Å². The van der Waals surface area contributed by atoms with Crippen molar-refractivity contribution in [3.63, 3.8) is 0 Å². The van der Waals surface area contributed by atoms with Crippen LogP contribution in [-0.4, -0.2) is 31.9 Å². The number of aryl methyl sites for hydroxylation is 1. The third-order valence-corrected chi connectivity index (χ3v) is 4.61. The van der Waals surface area contributed by atoms with Gasteiger partial charge >= 0.3 is 0 Å². The molecule has 0 fully saturated rings. The highest BCUT2D eigenvalue weighted by Crippen LogP contribution is 2.35. The van der Waals surface area contributed by atoms with Crippen LogP contribution in [-0.2, 0) is 13.6 Å². The second-order valence-corrected chi connectivity index (χ2v) is 6.69. The first kappa shape index (κ1) is 18.6. The van der Waals surface area contributed by atoms with Crippen molar-refractivity contribution in [3.05, 3.63) is 47.0 Å². The summed E-state index contributed by atoms with van der Waals surface area (Å²) >= 11 is 0. The van der Waals surface area contributed by atoms with Gasteiger partial charge in [0.1, 0.15) is 29.2 Å². The largest absolute Gasteiger partial charge is 0.467 e. The fourth-order valence-corrected chi connectivity index (χ4v) is 3.25. The van der Waals surface area contributed by atoms with E-state index in [1.807, 2.05) is 0 Å². The van der Waals surface area contributed by atoms with E-state index in [9.17, 15) is 9.65 Å². The molecule has 4 rings (SSSR count). The lowest BCUT2D eigenvalue weighted by atomic mass is 10.0. The standard InChI is InChI=1S/C19H18FN7O2/c1-10-13-6-12(20)5-4-11(13)9-26(2)29-18-16(15(7-21)27(3)25-18)14-8-23-17(22)19(24-14)28-10/h4-6,8,10H,9H2,1-3H3,(H2,22,23). The van der Waals surface area contributed by atoms with Crippen LogP contribution in [0.3, 0.4) is 0 Å². The quantitative estimate of drug-likeness (QED) is 0.617. The molecule has 0 aliphatic carbocycles. The van der Waals surface area contributed by atoms with E-state index in [-0.39, 0.29) is 29.1 Å². The van der Waals surface area contributed by atoms with Crippen molar-refractivity contribution in [1.29, 1.82) is 5.26 Å². The summed E-state index contributed by atoms with van der Waals surface area (Å²) in [4.78, 5) is 14.5. The van der Waals surface area contributed by atoms with Crippen molar-refractivity contribution < 1.29 is 14.0 Å². The van der Waals surface area contributed by atoms with Crippen LogP contribution in [0.25, 0.3) is 11.3 Å². The lowest BCUT2D eigenvalue weighted by Crippen LogP contribution is -2.24. The third kappa shape index (κ3) is 3.32. The number of nitriles is 1. The molecular weight excluding hydrogens is 377 g/mol. The zero-order valence-corrected chi connectivity index (χ0v) is 16.0. The summed E-state index contributed by atoms with van der Waals surface area (Å²) in [6, 6.07) is 6.56. The predicted molar refractivity (Wildman–Crippen MR) is 101 cm³/mol. The van der Waals surface area contributed by atoms with Gasteiger partial charge in [-0.3, -0.25) is 4.68 Å². The Labute approximate surface area is 166 Å². The molecule has 1 aromatic carbocycles. The SMILES string of the molecule is CC1Oc2nc(cnc2N)-c2c(nn(C)c2C#N)ON(C)Cc2ccc(F)cc21. The first-order chi connectivity index (χ1) is 13.9. The molecule has 0 radical (unpaired) electrons. The van der Waals surface area contributed by atoms with Crippen LogP contribution < -0.4 is 15.3 Å². The lowest BCUT2D eigenvalue weighted by Gasteiger charge is -2.23. The van der Waals surface area contributed by atoms with E-state index in [0.29, 0.717) is 23.4 Å². The maximum absolute atomic E-state index is 13.9. The summed E-state index contributed by atoms with van der Waals surface area (Å²) in [5.41, 5.74) is 8.34. The maximum Gasteiger partial charge on any atom is 0.267 e. The van der Waals surface area contributed by atoms with Crippen LogP contribution in [0.1, 0.15) is 29.8 Å². The third-order valence-electron chi connectivity index (χ3n) is 4.61. The number of hydroxylamine groups is 2. The molecule has 2 N–H and O–H groups in total. The zero-order valence-electron chi connectivity index (χ0n) is 16.0. The number of hydrogen-bond donors (Lipinski definition) is 1. The van der Waals surface area contributed by atoms with Gasteiger partial charge in [-0.05, 0) is 30.2 Å². The summed E-state index contributed by atoms with van der Waals surface area (Å²) in [6.07, 6.45) is 0.876. The zero-order chi connectivity index (χ0) is 20.7. The summed E-state index contributed by atoms with van der Waals surface area (Å²) in [5.74, 6) is -0.0300. The molecule has 1 aliphatic heterocycles. The van der Waals surface area contributed by atoms with Crippen molar-refractivity contribution in [2.24, 2.45) is 7.05 Å². The molecule has 1 atom stereocenters. The average molecular weight is 395 g/mol. The van der Waals surface area contributed by atoms with E-state index in [1.54, 1.807) is 32.1 Å². The Morgan fingerprint density at radius 1 is 1.31 bits per heavy atom. The van der Waals surface area contributed by atoms with Crippen LogP contribution in [0.15, 0.2) is 24.4 Å². The first-order valence-corrected chi connectivity index (χ1v) is 8.81. The van der Waals surface area contributed by atoms with E-state index < -0.39 is 6.10 Å². The van der Waals surface area contributed by atoms with Gasteiger partial charge in [0.05, 0.1) is 12.7 Å². The highest BCUT2D eigenvalue weighted by molar-refractivity contribution is 5.71. The minimum absolute atomic E-state index is 0.0811. The van der Waals surface area contributed by atoms with Gasteiger partial charge in [0.2, 0.25) is 0 Å². The number of rotatable bonds is 0. The van der Waals surface area contributed by atoms with Crippen LogP contribution in [0.4, 0.5) is 10.2 Å². The summed E-state index contributed by atoms with van der Waals surface area (Å²) in [5, 5.41) is 15.4. The molecule has 0 amide bonds. The number of halogens is 1. The molecule has 9 nitrogen and oxygen atoms in total. The molecule has 0 saturated carbocycles. The van der Waals surface area contributed by atoms with Crippen molar-refractivity contribution in [2.45, 2.75) is 19.6 Å². The molecule has 2 aromatic heterocycles. The number of hydrogen-bond acceptors (Lipinski definition) is 8. The second kappa shape index (κ2) is 7.03. The highest BCUT2D eigenvalue weighted by atomic mass is 19.1. The Balaban J connectivity index is 1.93. The minimum Gasteiger partial charge on any atom is -0.467 e. The molecular formula is C19H18FN7O2. The van der Waals surface area contributed by atoms with Crippen molar-refractivity contribution in [1.82, 2.24) is 24.8 Å². The Morgan fingerprint density at radius 3 is 2.86 bits per heavy atom. The maximum atomic E-state index is 13.9. The fraction of sp³-hybridized carbons (Fsp3) is 0.263. The number of benzene rings is 1. The Morgan fingerprint density at radius 2 is 2.10 bits per heavy atom. The van der Waals surface area contributed by atoms with Crippen molar-refractivity contribution >= 4 is 5.82 Å². The number of ether oxygens (including phenoxy) is 1. The van der Waals surface area contributed by atoms with Crippen LogP contribution in [0, 0.1) is 17.1 Å². The van der Waals surface area contributed by atoms with Gasteiger partial charge in [-0.1, -0.05) is 6.07 Å². The first-order valence-electron chi connectivity index (χ1n) is 8.81. The molecule has 1 aliphatic rings. The van der Waals surface area contributed by atoms with Gasteiger partial charge < -0.3 is 15.3 Å². The van der Waals surface area contributed by atoms with Crippen LogP contribution in [0.5, 0.6) is 11.8 Å². The number of aromatic nitrogens is 4. The van der Waals surface area contributed by atoms with E-state index in [4.69, 9.17) is 15.3 Å². The van der Waals surface area contributed by atoms with E-state index >= 15 is 0 Å². The summed E-state index contributed by atoms with van der Waals surface area (Å²) in [7, 11) is 3.35. The number of anilines is 1. The molecule has 0 saturated heterocycles. The summed E-state index contributed by atoms with van der Waals surface area (Å²) in [6.45, 7) is 2.10. The Kier molecular flexibility index (Phi) is 4.52. The molecule has 3 aromatic rings. The van der Waals surface area contributed by atoms with Crippen molar-refractivity contribution in [3.8, 4) is 29.1 Å². The van der Waals surface area contributed by atoms with Gasteiger partial charge in [-0.15, -0.1) is 10.2 Å². The molecule has 29 heavy (non-hydrogen) atoms. The highest BCUT2D eigenvalue weighted by Gasteiger charge is 2.26. The number of nitrogens with two attached hydrogens (primary N) is 1. The number of fused-ring (bicyclic) bond motifs is 5. The Bertz CT molecular complexity index is 1140. The Hall–Kier alpha value is -3.71. The van der Waals surface area contributed by atoms with Crippen LogP contribution in [0.2, 0.25) is 0 Å². The van der Waals surface area contributed by atoms with Gasteiger partial charge in [0, 0.05) is 14.1 Å². The van der Waals surface area contributed by atoms with E-state index in [1.165, 1.54) is 23.0 Å². The molecule has 3 heterocycles. The normalized spacial score (nSPS) is 16.3. The van der Waals surface area contributed by atoms with E-state index in [0.717, 1.165) is 5.56 Å². The van der Waals surface area contributed by atoms with E-state index in [2.05, 4.69) is 21.1 Å².